The van der Waals surface area contributed by atoms with Crippen molar-refractivity contribution in [3.05, 3.63) is 29.3 Å². The third kappa shape index (κ3) is 3.22. The monoisotopic (exact) mass is 322 g/mol. The van der Waals surface area contributed by atoms with E-state index in [1.807, 2.05) is 0 Å². The number of aryl methyl sites for hydroxylation is 1. The molecule has 1 aliphatic rings. The molecule has 1 aromatic rings. The number of piperazine rings is 1. The average molecular weight is 322 g/mol. The van der Waals surface area contributed by atoms with E-state index in [1.54, 1.807) is 6.92 Å². The SMILES string of the molecule is Cc1ccc(S(=O)(=O)N2CCNCC2C)cc1C(F)(F)F. The van der Waals surface area contributed by atoms with Gasteiger partial charge in [-0.25, -0.2) is 8.42 Å². The van der Waals surface area contributed by atoms with Gasteiger partial charge in [-0.3, -0.25) is 0 Å². The summed E-state index contributed by atoms with van der Waals surface area (Å²) in [6, 6.07) is 2.86. The van der Waals surface area contributed by atoms with Crippen LogP contribution in [-0.4, -0.2) is 38.4 Å². The highest BCUT2D eigenvalue weighted by atomic mass is 32.2. The fourth-order valence-electron chi connectivity index (χ4n) is 2.38. The van der Waals surface area contributed by atoms with Crippen LogP contribution in [0.3, 0.4) is 0 Å². The Bertz CT molecular complexity index is 629. The first-order chi connectivity index (χ1) is 9.64. The van der Waals surface area contributed by atoms with Gasteiger partial charge < -0.3 is 5.32 Å². The Labute approximate surface area is 122 Å². The molecule has 0 spiro atoms. The first-order valence-corrected chi connectivity index (χ1v) is 7.98. The van der Waals surface area contributed by atoms with Crippen LogP contribution in [0.5, 0.6) is 0 Å². The Balaban J connectivity index is 2.46. The molecule has 1 fully saturated rings. The summed E-state index contributed by atoms with van der Waals surface area (Å²) in [7, 11) is -3.92. The topological polar surface area (TPSA) is 49.4 Å². The molecule has 0 amide bonds. The predicted octanol–water partition coefficient (Wildman–Crippen LogP) is 2.00. The van der Waals surface area contributed by atoms with Gasteiger partial charge in [0.25, 0.3) is 0 Å². The zero-order chi connectivity index (χ0) is 15.8. The highest BCUT2D eigenvalue weighted by Crippen LogP contribution is 2.34. The Kier molecular flexibility index (Phi) is 4.32. The lowest BCUT2D eigenvalue weighted by Crippen LogP contribution is -2.52. The summed E-state index contributed by atoms with van der Waals surface area (Å²) in [5.74, 6) is 0. The lowest BCUT2D eigenvalue weighted by atomic mass is 10.1. The molecule has 8 heteroatoms. The predicted molar refractivity (Wildman–Crippen MR) is 72.4 cm³/mol. The van der Waals surface area contributed by atoms with Gasteiger partial charge in [-0.15, -0.1) is 0 Å². The van der Waals surface area contributed by atoms with E-state index in [0.717, 1.165) is 6.07 Å². The maximum atomic E-state index is 12.9. The van der Waals surface area contributed by atoms with Crippen LogP contribution in [-0.2, 0) is 16.2 Å². The molecule has 1 saturated heterocycles. The minimum atomic E-state index is -4.56. The van der Waals surface area contributed by atoms with Gasteiger partial charge in [-0.2, -0.15) is 17.5 Å². The van der Waals surface area contributed by atoms with Crippen molar-refractivity contribution in [3.63, 3.8) is 0 Å². The largest absolute Gasteiger partial charge is 0.416 e. The van der Waals surface area contributed by atoms with Gasteiger partial charge in [0, 0.05) is 25.7 Å². The van der Waals surface area contributed by atoms with Crippen LogP contribution in [0.25, 0.3) is 0 Å². The van der Waals surface area contributed by atoms with Crippen molar-refractivity contribution in [2.75, 3.05) is 19.6 Å². The van der Waals surface area contributed by atoms with E-state index in [2.05, 4.69) is 5.32 Å². The zero-order valence-electron chi connectivity index (χ0n) is 11.7. The summed E-state index contributed by atoms with van der Waals surface area (Å²) < 4.78 is 65.0. The maximum absolute atomic E-state index is 12.9. The standard InChI is InChI=1S/C13H17F3N2O2S/c1-9-3-4-11(7-12(9)13(14,15)16)21(19,20)18-6-5-17-8-10(18)2/h3-4,7,10,17H,5-6,8H2,1-2H3. The molecule has 118 valence electrons. The Morgan fingerprint density at radius 2 is 2.00 bits per heavy atom. The normalized spacial score (nSPS) is 21.5. The summed E-state index contributed by atoms with van der Waals surface area (Å²) >= 11 is 0. The minimum absolute atomic E-state index is 0.00908. The number of hydrogen-bond acceptors (Lipinski definition) is 3. The first-order valence-electron chi connectivity index (χ1n) is 6.54. The molecule has 1 atom stereocenters. The van der Waals surface area contributed by atoms with Crippen molar-refractivity contribution in [2.45, 2.75) is 31.0 Å². The third-order valence-electron chi connectivity index (χ3n) is 3.56. The van der Waals surface area contributed by atoms with Crippen LogP contribution in [0.1, 0.15) is 18.1 Å². The van der Waals surface area contributed by atoms with Crippen molar-refractivity contribution in [1.82, 2.24) is 9.62 Å². The third-order valence-corrected chi connectivity index (χ3v) is 5.57. The summed E-state index contributed by atoms with van der Waals surface area (Å²) in [5.41, 5.74) is -0.902. The number of rotatable bonds is 2. The van der Waals surface area contributed by atoms with Gasteiger partial charge in [-0.1, -0.05) is 6.07 Å². The number of hydrogen-bond donors (Lipinski definition) is 1. The van der Waals surface area contributed by atoms with Crippen LogP contribution in [0, 0.1) is 6.92 Å². The number of benzene rings is 1. The van der Waals surface area contributed by atoms with Gasteiger partial charge in [0.05, 0.1) is 10.5 Å². The molecule has 1 unspecified atom stereocenters. The van der Waals surface area contributed by atoms with Crippen LogP contribution in [0.2, 0.25) is 0 Å². The van der Waals surface area contributed by atoms with E-state index in [-0.39, 0.29) is 23.0 Å². The van der Waals surface area contributed by atoms with Gasteiger partial charge in [0.2, 0.25) is 10.0 Å². The number of alkyl halides is 3. The Hall–Kier alpha value is -1.12. The molecular weight excluding hydrogens is 305 g/mol. The van der Waals surface area contributed by atoms with Crippen LogP contribution in [0.4, 0.5) is 13.2 Å². The first kappa shape index (κ1) is 16.3. The minimum Gasteiger partial charge on any atom is -0.314 e. The quantitative estimate of drug-likeness (QED) is 0.906. The zero-order valence-corrected chi connectivity index (χ0v) is 12.6. The Morgan fingerprint density at radius 3 is 2.57 bits per heavy atom. The molecule has 0 radical (unpaired) electrons. The molecule has 21 heavy (non-hydrogen) atoms. The maximum Gasteiger partial charge on any atom is 0.416 e. The highest BCUT2D eigenvalue weighted by molar-refractivity contribution is 7.89. The number of sulfonamides is 1. The fourth-order valence-corrected chi connectivity index (χ4v) is 4.04. The average Bonchev–Trinajstić information content (AvgIpc) is 2.37. The van der Waals surface area contributed by atoms with Crippen molar-refractivity contribution >= 4 is 10.0 Å². The molecule has 1 aromatic carbocycles. The summed E-state index contributed by atoms with van der Waals surface area (Å²) in [6.07, 6.45) is -4.56. The fraction of sp³-hybridized carbons (Fsp3) is 0.538. The molecular formula is C13H17F3N2O2S. The van der Waals surface area contributed by atoms with Crippen molar-refractivity contribution < 1.29 is 21.6 Å². The van der Waals surface area contributed by atoms with Gasteiger partial charge >= 0.3 is 6.18 Å². The second kappa shape index (κ2) is 5.58. The Morgan fingerprint density at radius 1 is 1.33 bits per heavy atom. The molecule has 2 rings (SSSR count). The number of nitrogens with one attached hydrogen (secondary N) is 1. The second-order valence-corrected chi connectivity index (χ2v) is 7.03. The van der Waals surface area contributed by atoms with E-state index in [0.29, 0.717) is 13.1 Å². The van der Waals surface area contributed by atoms with E-state index >= 15 is 0 Å². The lowest BCUT2D eigenvalue weighted by Gasteiger charge is -2.33. The summed E-state index contributed by atoms with van der Waals surface area (Å²) in [6.45, 7) is 4.26. The van der Waals surface area contributed by atoms with Crippen molar-refractivity contribution in [2.24, 2.45) is 0 Å². The molecule has 0 bridgehead atoms. The summed E-state index contributed by atoms with van der Waals surface area (Å²) in [4.78, 5) is -0.311. The number of nitrogens with zero attached hydrogens (tertiary/aromatic N) is 1. The lowest BCUT2D eigenvalue weighted by molar-refractivity contribution is -0.138. The molecule has 4 nitrogen and oxygen atoms in total. The molecule has 0 saturated carbocycles. The summed E-state index contributed by atoms with van der Waals surface area (Å²) in [5, 5.41) is 3.05. The van der Waals surface area contributed by atoms with Crippen LogP contribution < -0.4 is 5.32 Å². The molecule has 1 heterocycles. The van der Waals surface area contributed by atoms with Gasteiger partial charge in [-0.05, 0) is 31.5 Å². The molecule has 0 aliphatic carbocycles. The molecule has 1 N–H and O–H groups in total. The van der Waals surface area contributed by atoms with Crippen LogP contribution in [0.15, 0.2) is 23.1 Å². The van der Waals surface area contributed by atoms with Gasteiger partial charge in [0.15, 0.2) is 0 Å². The van der Waals surface area contributed by atoms with E-state index in [4.69, 9.17) is 0 Å². The van der Waals surface area contributed by atoms with E-state index in [1.165, 1.54) is 23.4 Å². The smallest absolute Gasteiger partial charge is 0.314 e. The van der Waals surface area contributed by atoms with Crippen LogP contribution >= 0.6 is 0 Å². The van der Waals surface area contributed by atoms with E-state index < -0.39 is 21.8 Å². The molecule has 0 aromatic heterocycles. The van der Waals surface area contributed by atoms with E-state index in [9.17, 15) is 21.6 Å². The number of halogens is 3. The molecule has 1 aliphatic heterocycles. The van der Waals surface area contributed by atoms with Crippen molar-refractivity contribution in [3.8, 4) is 0 Å². The highest BCUT2D eigenvalue weighted by Gasteiger charge is 2.36. The van der Waals surface area contributed by atoms with Crippen molar-refractivity contribution in [1.29, 1.82) is 0 Å². The second-order valence-electron chi connectivity index (χ2n) is 5.14. The van der Waals surface area contributed by atoms with Gasteiger partial charge in [0.1, 0.15) is 0 Å².